The number of carbonyl (C=O) groups excluding carboxylic acids is 2. The Bertz CT molecular complexity index is 811. The van der Waals surface area contributed by atoms with Crippen molar-refractivity contribution in [3.63, 3.8) is 0 Å². The summed E-state index contributed by atoms with van der Waals surface area (Å²) in [5.74, 6) is 0.629. The lowest BCUT2D eigenvalue weighted by Crippen LogP contribution is -2.32. The Labute approximate surface area is 151 Å². The van der Waals surface area contributed by atoms with Crippen LogP contribution in [0.5, 0.6) is 5.88 Å². The number of ether oxygens (including phenoxy) is 1. The predicted molar refractivity (Wildman–Crippen MR) is 93.4 cm³/mol. The van der Waals surface area contributed by atoms with Crippen molar-refractivity contribution in [1.82, 2.24) is 25.2 Å². The highest BCUT2D eigenvalue weighted by atomic mass is 16.5. The van der Waals surface area contributed by atoms with Gasteiger partial charge in [0.05, 0.1) is 25.4 Å². The van der Waals surface area contributed by atoms with Crippen LogP contribution in [0, 0.1) is 0 Å². The summed E-state index contributed by atoms with van der Waals surface area (Å²) in [6.07, 6.45) is 4.91. The van der Waals surface area contributed by atoms with Crippen molar-refractivity contribution in [1.29, 1.82) is 0 Å². The van der Waals surface area contributed by atoms with Crippen molar-refractivity contribution in [3.05, 3.63) is 47.7 Å². The van der Waals surface area contributed by atoms with Crippen molar-refractivity contribution >= 4 is 11.8 Å². The molecule has 2 aromatic rings. The fraction of sp³-hybridized carbons (Fsp3) is 0.389. The molecular weight excluding hydrogens is 334 g/mol. The number of amides is 2. The molecule has 1 saturated heterocycles. The minimum absolute atomic E-state index is 0.119. The average molecular weight is 355 g/mol. The van der Waals surface area contributed by atoms with Crippen LogP contribution in [0.1, 0.15) is 47.7 Å². The van der Waals surface area contributed by atoms with E-state index in [0.717, 1.165) is 12.8 Å². The van der Waals surface area contributed by atoms with E-state index < -0.39 is 0 Å². The molecule has 1 aliphatic rings. The number of nitrogens with zero attached hydrogens (tertiary/aromatic N) is 4. The van der Waals surface area contributed by atoms with Crippen LogP contribution >= 0.6 is 0 Å². The highest BCUT2D eigenvalue weighted by Gasteiger charge is 2.34. The van der Waals surface area contributed by atoms with Crippen LogP contribution in [-0.2, 0) is 11.3 Å². The smallest absolute Gasteiger partial charge is 0.259 e. The Hall–Kier alpha value is -3.03. The third-order valence-corrected chi connectivity index (χ3v) is 4.26. The summed E-state index contributed by atoms with van der Waals surface area (Å²) in [6, 6.07) is 4.97. The number of aromatic nitrogens is 3. The first-order valence-electron chi connectivity index (χ1n) is 8.46. The lowest BCUT2D eigenvalue weighted by atomic mass is 10.1. The molecule has 0 unspecified atom stereocenters. The number of hydrogen-bond donors (Lipinski definition) is 1. The second-order valence-electron chi connectivity index (χ2n) is 6.03. The van der Waals surface area contributed by atoms with Crippen LogP contribution in [0.2, 0.25) is 0 Å². The van der Waals surface area contributed by atoms with Crippen molar-refractivity contribution in [2.75, 3.05) is 13.7 Å². The predicted octanol–water partition coefficient (Wildman–Crippen LogP) is 1.49. The number of hydrogen-bond acceptors (Lipinski definition) is 6. The summed E-state index contributed by atoms with van der Waals surface area (Å²) in [6.45, 7) is 2.42. The normalized spacial score (nSPS) is 16.4. The molecular formula is C18H21N5O3. The van der Waals surface area contributed by atoms with E-state index in [1.54, 1.807) is 35.5 Å². The standard InChI is InChI=1S/C18H21N5O3/c1-12(24)21-11-13-7-9-19-16(22-13)15-6-4-10-23(15)18(25)14-5-3-8-20-17(14)26-2/h3,5,7-9,15H,4,6,10-11H2,1-2H3,(H,21,24)/t15-/m0/s1. The zero-order chi connectivity index (χ0) is 18.5. The van der Waals surface area contributed by atoms with Gasteiger partial charge in [-0.15, -0.1) is 0 Å². The Morgan fingerprint density at radius 1 is 1.31 bits per heavy atom. The quantitative estimate of drug-likeness (QED) is 0.873. The summed E-state index contributed by atoms with van der Waals surface area (Å²) in [7, 11) is 1.50. The molecule has 8 nitrogen and oxygen atoms in total. The van der Waals surface area contributed by atoms with Crippen molar-refractivity contribution < 1.29 is 14.3 Å². The van der Waals surface area contributed by atoms with Gasteiger partial charge < -0.3 is 15.0 Å². The van der Waals surface area contributed by atoms with Gasteiger partial charge in [-0.05, 0) is 31.0 Å². The van der Waals surface area contributed by atoms with E-state index in [4.69, 9.17) is 4.74 Å². The van der Waals surface area contributed by atoms with Gasteiger partial charge in [-0.2, -0.15) is 0 Å². The maximum Gasteiger partial charge on any atom is 0.259 e. The van der Waals surface area contributed by atoms with Gasteiger partial charge in [0.25, 0.3) is 5.91 Å². The Balaban J connectivity index is 1.83. The maximum absolute atomic E-state index is 13.0. The molecule has 1 atom stereocenters. The minimum atomic E-state index is -0.204. The Morgan fingerprint density at radius 3 is 2.92 bits per heavy atom. The zero-order valence-corrected chi connectivity index (χ0v) is 14.8. The number of likely N-dealkylation sites (tertiary alicyclic amines) is 1. The lowest BCUT2D eigenvalue weighted by molar-refractivity contribution is -0.119. The van der Waals surface area contributed by atoms with Gasteiger partial charge in [-0.3, -0.25) is 9.59 Å². The highest BCUT2D eigenvalue weighted by molar-refractivity contribution is 5.96. The van der Waals surface area contributed by atoms with Gasteiger partial charge >= 0.3 is 0 Å². The molecule has 1 fully saturated rings. The highest BCUT2D eigenvalue weighted by Crippen LogP contribution is 2.32. The summed E-state index contributed by atoms with van der Waals surface area (Å²) < 4.78 is 5.21. The zero-order valence-electron chi connectivity index (χ0n) is 14.8. The summed E-state index contributed by atoms with van der Waals surface area (Å²) in [4.78, 5) is 38.8. The summed E-state index contributed by atoms with van der Waals surface area (Å²) in [5, 5.41) is 2.72. The Kier molecular flexibility index (Phi) is 5.40. The summed E-state index contributed by atoms with van der Waals surface area (Å²) >= 11 is 0. The molecule has 0 saturated carbocycles. The van der Waals surface area contributed by atoms with E-state index in [1.165, 1.54) is 14.0 Å². The molecule has 1 N–H and O–H groups in total. The van der Waals surface area contributed by atoms with Gasteiger partial charge in [0.2, 0.25) is 11.8 Å². The number of rotatable bonds is 5. The molecule has 136 valence electrons. The minimum Gasteiger partial charge on any atom is -0.480 e. The van der Waals surface area contributed by atoms with E-state index in [1.807, 2.05) is 0 Å². The molecule has 0 aliphatic carbocycles. The molecule has 0 aromatic carbocycles. The SMILES string of the molecule is COc1ncccc1C(=O)N1CCC[C@H]1c1nccc(CNC(C)=O)n1. The third kappa shape index (κ3) is 3.79. The average Bonchev–Trinajstić information content (AvgIpc) is 3.16. The fourth-order valence-electron chi connectivity index (χ4n) is 3.04. The van der Waals surface area contributed by atoms with Gasteiger partial charge in [0.1, 0.15) is 5.56 Å². The third-order valence-electron chi connectivity index (χ3n) is 4.26. The van der Waals surface area contributed by atoms with Crippen molar-refractivity contribution in [2.24, 2.45) is 0 Å². The first-order valence-corrected chi connectivity index (χ1v) is 8.46. The van der Waals surface area contributed by atoms with Gasteiger partial charge in [0, 0.05) is 25.9 Å². The molecule has 2 amide bonds. The molecule has 8 heteroatoms. The monoisotopic (exact) mass is 355 g/mol. The molecule has 1 aliphatic heterocycles. The van der Waals surface area contributed by atoms with E-state index in [9.17, 15) is 9.59 Å². The number of pyridine rings is 1. The lowest BCUT2D eigenvalue weighted by Gasteiger charge is -2.24. The van der Waals surface area contributed by atoms with E-state index in [-0.39, 0.29) is 17.9 Å². The molecule has 0 radical (unpaired) electrons. The largest absolute Gasteiger partial charge is 0.480 e. The number of nitrogens with one attached hydrogen (secondary N) is 1. The fourth-order valence-corrected chi connectivity index (χ4v) is 3.04. The van der Waals surface area contributed by atoms with E-state index >= 15 is 0 Å². The first-order chi connectivity index (χ1) is 12.6. The number of carbonyl (C=O) groups is 2. The van der Waals surface area contributed by atoms with Crippen molar-refractivity contribution in [3.8, 4) is 5.88 Å². The Morgan fingerprint density at radius 2 is 2.15 bits per heavy atom. The van der Waals surface area contributed by atoms with Gasteiger partial charge in [-0.1, -0.05) is 0 Å². The maximum atomic E-state index is 13.0. The van der Waals surface area contributed by atoms with Crippen molar-refractivity contribution in [2.45, 2.75) is 32.4 Å². The molecule has 3 heterocycles. The second-order valence-corrected chi connectivity index (χ2v) is 6.03. The topological polar surface area (TPSA) is 97.3 Å². The van der Waals surface area contributed by atoms with Gasteiger partial charge in [0.15, 0.2) is 5.82 Å². The van der Waals surface area contributed by atoms with E-state index in [0.29, 0.717) is 36.1 Å². The number of methoxy groups -OCH3 is 1. The summed E-state index contributed by atoms with van der Waals surface area (Å²) in [5.41, 5.74) is 1.14. The molecule has 26 heavy (non-hydrogen) atoms. The van der Waals surface area contributed by atoms with E-state index in [2.05, 4.69) is 20.3 Å². The van der Waals surface area contributed by atoms with Crippen LogP contribution in [0.15, 0.2) is 30.6 Å². The van der Waals surface area contributed by atoms with Crippen LogP contribution in [0.25, 0.3) is 0 Å². The van der Waals surface area contributed by atoms with Gasteiger partial charge in [-0.25, -0.2) is 15.0 Å². The van der Waals surface area contributed by atoms with Crippen LogP contribution in [0.3, 0.4) is 0 Å². The molecule has 0 bridgehead atoms. The molecule has 2 aromatic heterocycles. The molecule has 3 rings (SSSR count). The van der Waals surface area contributed by atoms with Crippen LogP contribution in [0.4, 0.5) is 0 Å². The first kappa shape index (κ1) is 17.8. The second kappa shape index (κ2) is 7.90. The molecule has 0 spiro atoms. The van der Waals surface area contributed by atoms with Crippen LogP contribution in [-0.4, -0.2) is 45.3 Å². The van der Waals surface area contributed by atoms with Crippen LogP contribution < -0.4 is 10.1 Å².